The van der Waals surface area contributed by atoms with Gasteiger partial charge in [0, 0.05) is 48.5 Å². The van der Waals surface area contributed by atoms with Gasteiger partial charge in [-0.15, -0.1) is 0 Å². The summed E-state index contributed by atoms with van der Waals surface area (Å²) in [6, 6.07) is 17.7. The van der Waals surface area contributed by atoms with Crippen molar-refractivity contribution < 1.29 is 19.6 Å². The molecule has 0 aliphatic carbocycles. The van der Waals surface area contributed by atoms with Gasteiger partial charge >= 0.3 is 5.69 Å². The van der Waals surface area contributed by atoms with Crippen LogP contribution in [-0.4, -0.2) is 47.0 Å². The van der Waals surface area contributed by atoms with Gasteiger partial charge in [0.05, 0.1) is 4.92 Å². The molecule has 32 heavy (non-hydrogen) atoms. The van der Waals surface area contributed by atoms with E-state index >= 15 is 0 Å². The van der Waals surface area contributed by atoms with Crippen molar-refractivity contribution in [1.82, 2.24) is 4.90 Å². The van der Waals surface area contributed by atoms with E-state index in [0.717, 1.165) is 5.69 Å². The molecule has 0 atom stereocenters. The van der Waals surface area contributed by atoms with Gasteiger partial charge < -0.3 is 19.6 Å². The van der Waals surface area contributed by atoms with E-state index in [-0.39, 0.29) is 28.1 Å². The highest BCUT2D eigenvalue weighted by molar-refractivity contribution is 6.30. The van der Waals surface area contributed by atoms with Crippen LogP contribution >= 0.6 is 11.6 Å². The Bertz CT molecular complexity index is 1130. The number of hydrogen-bond donors (Lipinski definition) is 1. The van der Waals surface area contributed by atoms with Crippen molar-refractivity contribution in [3.63, 3.8) is 0 Å². The Morgan fingerprint density at radius 2 is 1.62 bits per heavy atom. The molecule has 1 aliphatic rings. The summed E-state index contributed by atoms with van der Waals surface area (Å²) in [5.41, 5.74) is 1.29. The summed E-state index contributed by atoms with van der Waals surface area (Å²) in [4.78, 5) is 27.5. The third-order valence-electron chi connectivity index (χ3n) is 5.23. The number of nitro groups is 1. The third kappa shape index (κ3) is 4.76. The average Bonchev–Trinajstić information content (AvgIpc) is 2.81. The number of ether oxygens (including phenoxy) is 1. The minimum absolute atomic E-state index is 0.0730. The normalized spacial score (nSPS) is 13.7. The zero-order valence-corrected chi connectivity index (χ0v) is 17.7. The second kappa shape index (κ2) is 9.15. The zero-order valence-electron chi connectivity index (χ0n) is 17.0. The molecule has 0 saturated carbocycles. The minimum Gasteiger partial charge on any atom is -0.508 e. The van der Waals surface area contributed by atoms with Crippen molar-refractivity contribution in [2.45, 2.75) is 0 Å². The van der Waals surface area contributed by atoms with E-state index in [4.69, 9.17) is 16.3 Å². The lowest BCUT2D eigenvalue weighted by atomic mass is 10.1. The lowest BCUT2D eigenvalue weighted by Crippen LogP contribution is -2.48. The van der Waals surface area contributed by atoms with Crippen molar-refractivity contribution in [2.24, 2.45) is 0 Å². The number of phenolic OH excluding ortho intramolecular Hbond substituents is 1. The summed E-state index contributed by atoms with van der Waals surface area (Å²) in [5.74, 6) is 0.591. The van der Waals surface area contributed by atoms with Gasteiger partial charge in [-0.25, -0.2) is 0 Å². The first-order chi connectivity index (χ1) is 15.4. The molecule has 0 bridgehead atoms. The first kappa shape index (κ1) is 21.5. The molecule has 3 aromatic rings. The first-order valence-electron chi connectivity index (χ1n) is 9.96. The SMILES string of the molecule is O=C(c1ccc(Oc2ccc(Cl)cc2[N+](=O)[O-])cc1)N1CCN(c2ccc(O)cc2)CC1. The van der Waals surface area contributed by atoms with Crippen LogP contribution in [0.2, 0.25) is 5.02 Å². The minimum atomic E-state index is -0.559. The molecule has 1 saturated heterocycles. The van der Waals surface area contributed by atoms with Gasteiger partial charge in [0.15, 0.2) is 0 Å². The van der Waals surface area contributed by atoms with Gasteiger partial charge in [0.25, 0.3) is 5.91 Å². The molecule has 0 radical (unpaired) electrons. The van der Waals surface area contributed by atoms with Crippen LogP contribution in [0.5, 0.6) is 17.2 Å². The van der Waals surface area contributed by atoms with Crippen LogP contribution in [0.1, 0.15) is 10.4 Å². The summed E-state index contributed by atoms with van der Waals surface area (Å²) < 4.78 is 5.63. The molecule has 1 N–H and O–H groups in total. The molecule has 1 amide bonds. The van der Waals surface area contributed by atoms with Gasteiger partial charge in [0.1, 0.15) is 11.5 Å². The maximum Gasteiger partial charge on any atom is 0.313 e. The largest absolute Gasteiger partial charge is 0.508 e. The molecule has 4 rings (SSSR count). The van der Waals surface area contributed by atoms with Crippen LogP contribution in [-0.2, 0) is 0 Å². The van der Waals surface area contributed by atoms with E-state index in [9.17, 15) is 20.0 Å². The molecule has 164 valence electrons. The second-order valence-corrected chi connectivity index (χ2v) is 7.73. The fourth-order valence-corrected chi connectivity index (χ4v) is 3.69. The highest BCUT2D eigenvalue weighted by atomic mass is 35.5. The molecule has 3 aromatic carbocycles. The molecular weight excluding hydrogens is 434 g/mol. The van der Waals surface area contributed by atoms with Crippen molar-refractivity contribution in [3.8, 4) is 17.2 Å². The number of nitro benzene ring substituents is 1. The fraction of sp³-hybridized carbons (Fsp3) is 0.174. The van der Waals surface area contributed by atoms with E-state index in [1.54, 1.807) is 41.3 Å². The van der Waals surface area contributed by atoms with Crippen LogP contribution in [0.25, 0.3) is 0 Å². The van der Waals surface area contributed by atoms with Crippen LogP contribution < -0.4 is 9.64 Å². The Morgan fingerprint density at radius 3 is 2.25 bits per heavy atom. The monoisotopic (exact) mass is 453 g/mol. The topological polar surface area (TPSA) is 96.1 Å². The highest BCUT2D eigenvalue weighted by Gasteiger charge is 2.23. The average molecular weight is 454 g/mol. The maximum atomic E-state index is 12.9. The number of nitrogens with zero attached hydrogens (tertiary/aromatic N) is 3. The third-order valence-corrected chi connectivity index (χ3v) is 5.46. The molecule has 1 aliphatic heterocycles. The molecule has 9 heteroatoms. The van der Waals surface area contributed by atoms with Gasteiger partial charge in [0.2, 0.25) is 5.75 Å². The number of benzene rings is 3. The summed E-state index contributed by atoms with van der Waals surface area (Å²) in [6.45, 7) is 2.54. The molecular formula is C23H20ClN3O5. The number of amides is 1. The number of hydrogen-bond acceptors (Lipinski definition) is 6. The van der Waals surface area contributed by atoms with Crippen molar-refractivity contribution >= 4 is 28.9 Å². The summed E-state index contributed by atoms with van der Waals surface area (Å²) >= 11 is 5.83. The van der Waals surface area contributed by atoms with Crippen LogP contribution in [0.15, 0.2) is 66.7 Å². The van der Waals surface area contributed by atoms with Gasteiger partial charge in [-0.2, -0.15) is 0 Å². The number of rotatable bonds is 5. The van der Waals surface area contributed by atoms with Gasteiger partial charge in [-0.3, -0.25) is 14.9 Å². The number of carbonyl (C=O) groups is 1. The Hall–Kier alpha value is -3.78. The van der Waals surface area contributed by atoms with Gasteiger partial charge in [-0.05, 0) is 60.7 Å². The van der Waals surface area contributed by atoms with Gasteiger partial charge in [-0.1, -0.05) is 11.6 Å². The molecule has 1 fully saturated rings. The lowest BCUT2D eigenvalue weighted by molar-refractivity contribution is -0.385. The van der Waals surface area contributed by atoms with Crippen molar-refractivity contribution in [2.75, 3.05) is 31.1 Å². The van der Waals surface area contributed by atoms with Crippen LogP contribution in [0.3, 0.4) is 0 Å². The van der Waals surface area contributed by atoms with Crippen molar-refractivity contribution in [3.05, 3.63) is 87.4 Å². The molecule has 0 spiro atoms. The predicted octanol–water partition coefficient (Wildman–Crippen LogP) is 4.71. The van der Waals surface area contributed by atoms with Crippen molar-refractivity contribution in [1.29, 1.82) is 0 Å². The van der Waals surface area contributed by atoms with E-state index in [2.05, 4.69) is 4.90 Å². The maximum absolute atomic E-state index is 12.9. The molecule has 0 aromatic heterocycles. The summed E-state index contributed by atoms with van der Waals surface area (Å²) in [6.07, 6.45) is 0. The van der Waals surface area contributed by atoms with E-state index < -0.39 is 4.92 Å². The van der Waals surface area contributed by atoms with E-state index in [1.807, 2.05) is 12.1 Å². The summed E-state index contributed by atoms with van der Waals surface area (Å²) in [5, 5.41) is 20.9. The second-order valence-electron chi connectivity index (χ2n) is 7.29. The fourth-order valence-electron chi connectivity index (χ4n) is 3.53. The predicted molar refractivity (Wildman–Crippen MR) is 121 cm³/mol. The number of phenols is 1. The number of halogens is 1. The summed E-state index contributed by atoms with van der Waals surface area (Å²) in [7, 11) is 0. The number of anilines is 1. The Morgan fingerprint density at radius 1 is 0.969 bits per heavy atom. The van der Waals surface area contributed by atoms with Crippen LogP contribution in [0.4, 0.5) is 11.4 Å². The number of piperazine rings is 1. The quantitative estimate of drug-likeness (QED) is 0.444. The highest BCUT2D eigenvalue weighted by Crippen LogP contribution is 2.33. The van der Waals surface area contributed by atoms with E-state index in [0.29, 0.717) is 37.5 Å². The zero-order chi connectivity index (χ0) is 22.7. The smallest absolute Gasteiger partial charge is 0.313 e. The Balaban J connectivity index is 1.39. The molecule has 1 heterocycles. The molecule has 8 nitrogen and oxygen atoms in total. The Labute approximate surface area is 189 Å². The Kier molecular flexibility index (Phi) is 6.13. The first-order valence-corrected chi connectivity index (χ1v) is 10.3. The van der Waals surface area contributed by atoms with Crippen LogP contribution in [0, 0.1) is 10.1 Å². The number of aromatic hydroxyl groups is 1. The standard InChI is InChI=1S/C23H20ClN3O5/c24-17-3-10-22(21(15-17)27(30)31)32-20-8-1-16(2-9-20)23(29)26-13-11-25(12-14-26)18-4-6-19(28)7-5-18/h1-10,15,28H,11-14H2. The number of carbonyl (C=O) groups excluding carboxylic acids is 1. The molecule has 0 unspecified atom stereocenters. The lowest BCUT2D eigenvalue weighted by Gasteiger charge is -2.36. The van der Waals surface area contributed by atoms with E-state index in [1.165, 1.54) is 18.2 Å².